The highest BCUT2D eigenvalue weighted by Crippen LogP contribution is 2.07. The molecule has 1 aliphatic rings. The van der Waals surface area contributed by atoms with Crippen LogP contribution >= 0.6 is 12.4 Å². The number of ether oxygens (including phenoxy) is 1. The van der Waals surface area contributed by atoms with Crippen LogP contribution in [0.2, 0.25) is 0 Å². The lowest BCUT2D eigenvalue weighted by Gasteiger charge is -2.19. The topological polar surface area (TPSA) is 49.8 Å². The van der Waals surface area contributed by atoms with Gasteiger partial charge >= 0.3 is 5.97 Å². The number of aliphatic carboxylic acids is 1. The molecule has 1 rings (SSSR count). The molecule has 4 nitrogen and oxygen atoms in total. The fraction of sp³-hybridized carbons (Fsp3) is 0.909. The summed E-state index contributed by atoms with van der Waals surface area (Å²) < 4.78 is 5.35. The molecule has 0 radical (unpaired) electrons. The molecule has 0 bridgehead atoms. The molecule has 5 heteroatoms. The van der Waals surface area contributed by atoms with Gasteiger partial charge in [-0.25, -0.2) is 0 Å². The molecule has 0 aliphatic carbocycles. The van der Waals surface area contributed by atoms with Crippen LogP contribution in [-0.2, 0) is 9.53 Å². The van der Waals surface area contributed by atoms with E-state index in [9.17, 15) is 4.79 Å². The summed E-state index contributed by atoms with van der Waals surface area (Å²) in [5, 5.41) is 8.73. The highest BCUT2D eigenvalue weighted by atomic mass is 35.5. The Bertz CT molecular complexity index is 194. The lowest BCUT2D eigenvalue weighted by Crippen LogP contribution is -2.28. The van der Waals surface area contributed by atoms with Crippen molar-refractivity contribution in [1.29, 1.82) is 0 Å². The van der Waals surface area contributed by atoms with Gasteiger partial charge in [0.05, 0.1) is 12.5 Å². The van der Waals surface area contributed by atoms with Gasteiger partial charge in [-0.3, -0.25) is 4.79 Å². The van der Waals surface area contributed by atoms with Gasteiger partial charge in [-0.05, 0) is 25.8 Å². The maximum atomic E-state index is 10.6. The number of nitrogens with zero attached hydrogens (tertiary/aromatic N) is 1. The second kappa shape index (κ2) is 8.79. The van der Waals surface area contributed by atoms with E-state index in [0.29, 0.717) is 0 Å². The summed E-state index contributed by atoms with van der Waals surface area (Å²) in [5.74, 6) is -0.901. The van der Waals surface area contributed by atoms with Crippen LogP contribution in [0.4, 0.5) is 0 Å². The molecule has 1 fully saturated rings. The van der Waals surface area contributed by atoms with Crippen LogP contribution in [0.15, 0.2) is 0 Å². The van der Waals surface area contributed by atoms with E-state index in [2.05, 4.69) is 4.90 Å². The average molecular weight is 252 g/mol. The smallest absolute Gasteiger partial charge is 0.306 e. The third-order valence-electron chi connectivity index (χ3n) is 2.85. The predicted molar refractivity (Wildman–Crippen MR) is 65.2 cm³/mol. The van der Waals surface area contributed by atoms with Gasteiger partial charge in [0.25, 0.3) is 0 Å². The summed E-state index contributed by atoms with van der Waals surface area (Å²) in [4.78, 5) is 13.0. The number of hydrogen-bond acceptors (Lipinski definition) is 3. The van der Waals surface area contributed by atoms with Crippen LogP contribution in [0.3, 0.4) is 0 Å². The van der Waals surface area contributed by atoms with Crippen molar-refractivity contribution in [2.24, 2.45) is 5.92 Å². The van der Waals surface area contributed by atoms with Gasteiger partial charge in [0.1, 0.15) is 0 Å². The first-order chi connectivity index (χ1) is 7.20. The maximum Gasteiger partial charge on any atom is 0.306 e. The number of carboxylic acids is 1. The van der Waals surface area contributed by atoms with Gasteiger partial charge in [0.15, 0.2) is 0 Å². The van der Waals surface area contributed by atoms with Gasteiger partial charge in [0.2, 0.25) is 0 Å². The van der Waals surface area contributed by atoms with E-state index in [1.807, 2.05) is 0 Å². The summed E-state index contributed by atoms with van der Waals surface area (Å²) in [5.41, 5.74) is 0. The lowest BCUT2D eigenvalue weighted by atomic mass is 10.1. The predicted octanol–water partition coefficient (Wildman–Crippen LogP) is 1.63. The van der Waals surface area contributed by atoms with Gasteiger partial charge in [-0.15, -0.1) is 12.4 Å². The van der Waals surface area contributed by atoms with Crippen LogP contribution in [0.25, 0.3) is 0 Å². The average Bonchev–Trinajstić information content (AvgIpc) is 2.46. The van der Waals surface area contributed by atoms with Crippen molar-refractivity contribution in [3.63, 3.8) is 0 Å². The molecule has 1 saturated heterocycles. The number of hydrogen-bond donors (Lipinski definition) is 1. The van der Waals surface area contributed by atoms with Crippen LogP contribution in [0, 0.1) is 5.92 Å². The van der Waals surface area contributed by atoms with Crippen molar-refractivity contribution in [2.45, 2.75) is 26.2 Å². The second-order valence-corrected chi connectivity index (χ2v) is 4.19. The minimum Gasteiger partial charge on any atom is -0.481 e. The largest absolute Gasteiger partial charge is 0.481 e. The Kier molecular flexibility index (Phi) is 8.61. The van der Waals surface area contributed by atoms with Crippen LogP contribution < -0.4 is 0 Å². The third kappa shape index (κ3) is 6.30. The molecule has 0 saturated carbocycles. The number of rotatable bonds is 5. The molecular formula is C11H22ClNO3. The Morgan fingerprint density at radius 3 is 2.88 bits per heavy atom. The zero-order valence-corrected chi connectivity index (χ0v) is 10.7. The molecular weight excluding hydrogens is 230 g/mol. The van der Waals surface area contributed by atoms with E-state index in [0.717, 1.165) is 52.1 Å². The van der Waals surface area contributed by atoms with Gasteiger partial charge in [-0.1, -0.05) is 6.92 Å². The summed E-state index contributed by atoms with van der Waals surface area (Å²) >= 11 is 0. The first-order valence-electron chi connectivity index (χ1n) is 5.73. The number of carboxylic acid groups (broad SMARTS) is 1. The molecule has 1 unspecified atom stereocenters. The van der Waals surface area contributed by atoms with Crippen molar-refractivity contribution >= 4 is 18.4 Å². The Morgan fingerprint density at radius 2 is 2.19 bits per heavy atom. The maximum absolute atomic E-state index is 10.6. The normalized spacial score (nSPS) is 19.6. The fourth-order valence-corrected chi connectivity index (χ4v) is 1.77. The van der Waals surface area contributed by atoms with Crippen LogP contribution in [0.5, 0.6) is 0 Å². The standard InChI is InChI=1S/C11H21NO3.ClH/c1-10(11(13)14)4-2-5-12-6-3-8-15-9-7-12;/h10H,2-9H2,1H3,(H,13,14);1H. The fourth-order valence-electron chi connectivity index (χ4n) is 1.77. The molecule has 0 aromatic rings. The minimum absolute atomic E-state index is 0. The Hall–Kier alpha value is -0.320. The van der Waals surface area contributed by atoms with Gasteiger partial charge < -0.3 is 14.7 Å². The highest BCUT2D eigenvalue weighted by molar-refractivity contribution is 5.85. The van der Waals surface area contributed by atoms with Crippen molar-refractivity contribution in [3.05, 3.63) is 0 Å². The van der Waals surface area contributed by atoms with Crippen molar-refractivity contribution < 1.29 is 14.6 Å². The van der Waals surface area contributed by atoms with Crippen molar-refractivity contribution in [3.8, 4) is 0 Å². The minimum atomic E-state index is -0.686. The molecule has 16 heavy (non-hydrogen) atoms. The van der Waals surface area contributed by atoms with Crippen LogP contribution in [-0.4, -0.2) is 48.8 Å². The van der Waals surface area contributed by atoms with E-state index < -0.39 is 5.97 Å². The zero-order chi connectivity index (χ0) is 11.1. The Labute approximate surface area is 103 Å². The quantitative estimate of drug-likeness (QED) is 0.807. The van der Waals surface area contributed by atoms with Crippen LogP contribution in [0.1, 0.15) is 26.2 Å². The molecule has 0 aromatic carbocycles. The molecule has 1 N–H and O–H groups in total. The summed E-state index contributed by atoms with van der Waals surface area (Å²) in [6, 6.07) is 0. The monoisotopic (exact) mass is 251 g/mol. The van der Waals surface area contributed by atoms with E-state index in [4.69, 9.17) is 9.84 Å². The third-order valence-corrected chi connectivity index (χ3v) is 2.85. The second-order valence-electron chi connectivity index (χ2n) is 4.19. The summed E-state index contributed by atoms with van der Waals surface area (Å²) in [7, 11) is 0. The molecule has 96 valence electrons. The number of carbonyl (C=O) groups is 1. The lowest BCUT2D eigenvalue weighted by molar-refractivity contribution is -0.141. The molecule has 0 amide bonds. The first-order valence-corrected chi connectivity index (χ1v) is 5.73. The van der Waals surface area contributed by atoms with Crippen molar-refractivity contribution in [2.75, 3.05) is 32.8 Å². The van der Waals surface area contributed by atoms with E-state index in [1.165, 1.54) is 0 Å². The van der Waals surface area contributed by atoms with Crippen molar-refractivity contribution in [1.82, 2.24) is 4.90 Å². The van der Waals surface area contributed by atoms with E-state index in [-0.39, 0.29) is 18.3 Å². The SMILES string of the molecule is CC(CCCN1CCCOCC1)C(=O)O.Cl. The number of halogens is 1. The first kappa shape index (κ1) is 15.7. The molecule has 1 atom stereocenters. The summed E-state index contributed by atoms with van der Waals surface area (Å²) in [6.45, 7) is 6.52. The van der Waals surface area contributed by atoms with Gasteiger partial charge in [-0.2, -0.15) is 0 Å². The molecule has 0 spiro atoms. The Balaban J connectivity index is 0.00000225. The van der Waals surface area contributed by atoms with Gasteiger partial charge in [0, 0.05) is 19.7 Å². The molecule has 1 aliphatic heterocycles. The molecule has 0 aromatic heterocycles. The highest BCUT2D eigenvalue weighted by Gasteiger charge is 2.12. The Morgan fingerprint density at radius 1 is 1.44 bits per heavy atom. The summed E-state index contributed by atoms with van der Waals surface area (Å²) in [6.07, 6.45) is 2.83. The molecule has 1 heterocycles. The van der Waals surface area contributed by atoms with E-state index >= 15 is 0 Å². The van der Waals surface area contributed by atoms with E-state index in [1.54, 1.807) is 6.92 Å². The zero-order valence-electron chi connectivity index (χ0n) is 9.85.